The van der Waals surface area contributed by atoms with Crippen LogP contribution in [-0.4, -0.2) is 52.3 Å². The Hall–Kier alpha value is -4.01. The van der Waals surface area contributed by atoms with Gasteiger partial charge in [-0.2, -0.15) is 15.3 Å². The van der Waals surface area contributed by atoms with Gasteiger partial charge in [0, 0.05) is 32.5 Å². The molecule has 1 aliphatic rings. The van der Waals surface area contributed by atoms with Crippen molar-refractivity contribution in [2.45, 2.75) is 39.5 Å². The number of ether oxygens (including phenoxy) is 2. The summed E-state index contributed by atoms with van der Waals surface area (Å²) in [5.41, 5.74) is 3.76. The second kappa shape index (κ2) is 9.86. The molecule has 2 N–H and O–H groups in total. The molecule has 2 atom stereocenters. The third-order valence-corrected chi connectivity index (χ3v) is 5.42. The molecule has 1 aliphatic heterocycles. The molecule has 2 unspecified atom stereocenters. The number of anilines is 3. The number of nitrogens with zero attached hydrogens (tertiary/aromatic N) is 6. The molecule has 3 aromatic rings. The number of nitriles is 1. The zero-order chi connectivity index (χ0) is 24.2. The van der Waals surface area contributed by atoms with Crippen molar-refractivity contribution in [1.82, 2.24) is 19.7 Å². The van der Waals surface area contributed by atoms with Crippen molar-refractivity contribution in [3.05, 3.63) is 59.0 Å². The molecule has 0 saturated carbocycles. The second-order valence-corrected chi connectivity index (χ2v) is 7.94. The number of carbonyl (C=O) groups excluding carboxylic acids is 1. The van der Waals surface area contributed by atoms with Crippen LogP contribution in [0.15, 0.2) is 36.7 Å². The SMILES string of the molecule is COC(C)OC1C(=O)Nc2c(C)nc(NCc3cnn(Cc4cccc(C#N)c4)c3)nc2N1C. The molecule has 4 rings (SSSR count). The number of hydrogen-bond donors (Lipinski definition) is 2. The minimum Gasteiger partial charge on any atom is -0.356 e. The molecule has 3 heterocycles. The number of rotatable bonds is 8. The van der Waals surface area contributed by atoms with Crippen molar-refractivity contribution < 1.29 is 14.3 Å². The summed E-state index contributed by atoms with van der Waals surface area (Å²) >= 11 is 0. The van der Waals surface area contributed by atoms with Crippen LogP contribution >= 0.6 is 0 Å². The van der Waals surface area contributed by atoms with E-state index in [1.54, 1.807) is 31.1 Å². The van der Waals surface area contributed by atoms with Crippen molar-refractivity contribution in [2.75, 3.05) is 29.7 Å². The monoisotopic (exact) mass is 462 g/mol. The summed E-state index contributed by atoms with van der Waals surface area (Å²) in [6, 6.07) is 9.60. The van der Waals surface area contributed by atoms with E-state index in [0.717, 1.165) is 11.1 Å². The smallest absolute Gasteiger partial charge is 0.274 e. The van der Waals surface area contributed by atoms with Gasteiger partial charge >= 0.3 is 0 Å². The summed E-state index contributed by atoms with van der Waals surface area (Å²) in [6.07, 6.45) is 2.27. The number of amides is 1. The van der Waals surface area contributed by atoms with Gasteiger partial charge in [-0.05, 0) is 31.5 Å². The fourth-order valence-corrected chi connectivity index (χ4v) is 3.59. The summed E-state index contributed by atoms with van der Waals surface area (Å²) in [5.74, 6) is 0.669. The highest BCUT2D eigenvalue weighted by Crippen LogP contribution is 2.33. The van der Waals surface area contributed by atoms with Gasteiger partial charge < -0.3 is 25.0 Å². The molecular weight excluding hydrogens is 436 g/mol. The Balaban J connectivity index is 1.45. The van der Waals surface area contributed by atoms with Crippen molar-refractivity contribution in [1.29, 1.82) is 5.26 Å². The van der Waals surface area contributed by atoms with Gasteiger partial charge in [-0.1, -0.05) is 12.1 Å². The lowest BCUT2D eigenvalue weighted by atomic mass is 10.1. The number of carbonyl (C=O) groups is 1. The van der Waals surface area contributed by atoms with E-state index in [1.807, 2.05) is 36.0 Å². The van der Waals surface area contributed by atoms with Crippen LogP contribution in [0.2, 0.25) is 0 Å². The molecule has 2 aromatic heterocycles. The molecule has 11 heteroatoms. The molecule has 0 fully saturated rings. The maximum atomic E-state index is 12.5. The number of methoxy groups -OCH3 is 1. The topological polar surface area (TPSA) is 130 Å². The first-order valence-electron chi connectivity index (χ1n) is 10.7. The highest BCUT2D eigenvalue weighted by atomic mass is 16.7. The summed E-state index contributed by atoms with van der Waals surface area (Å²) < 4.78 is 12.6. The third kappa shape index (κ3) is 4.98. The average Bonchev–Trinajstić information content (AvgIpc) is 3.28. The van der Waals surface area contributed by atoms with Crippen LogP contribution in [0.3, 0.4) is 0 Å². The Morgan fingerprint density at radius 1 is 1.32 bits per heavy atom. The van der Waals surface area contributed by atoms with E-state index in [4.69, 9.17) is 14.7 Å². The Labute approximate surface area is 197 Å². The van der Waals surface area contributed by atoms with Gasteiger partial charge in [0.05, 0.1) is 30.1 Å². The Morgan fingerprint density at radius 3 is 2.91 bits per heavy atom. The van der Waals surface area contributed by atoms with E-state index >= 15 is 0 Å². The normalized spacial score (nSPS) is 15.9. The minimum atomic E-state index is -0.873. The quantitative estimate of drug-likeness (QED) is 0.484. The van der Waals surface area contributed by atoms with Gasteiger partial charge in [0.2, 0.25) is 12.2 Å². The van der Waals surface area contributed by atoms with Gasteiger partial charge in [-0.3, -0.25) is 9.48 Å². The molecular formula is C23H26N8O3. The van der Waals surface area contributed by atoms with Gasteiger partial charge in [0.15, 0.2) is 12.1 Å². The van der Waals surface area contributed by atoms with Gasteiger partial charge in [-0.25, -0.2) is 4.98 Å². The lowest BCUT2D eigenvalue weighted by Crippen LogP contribution is -2.50. The van der Waals surface area contributed by atoms with Crippen LogP contribution in [0.25, 0.3) is 0 Å². The number of fused-ring (bicyclic) bond motifs is 1. The Morgan fingerprint density at radius 2 is 2.15 bits per heavy atom. The van der Waals surface area contributed by atoms with Crippen molar-refractivity contribution >= 4 is 23.4 Å². The second-order valence-electron chi connectivity index (χ2n) is 7.94. The molecule has 1 aromatic carbocycles. The van der Waals surface area contributed by atoms with Crippen LogP contribution in [0.5, 0.6) is 0 Å². The molecule has 176 valence electrons. The first-order valence-corrected chi connectivity index (χ1v) is 10.7. The first-order chi connectivity index (χ1) is 16.4. The summed E-state index contributed by atoms with van der Waals surface area (Å²) in [6.45, 7) is 4.56. The van der Waals surface area contributed by atoms with E-state index in [0.29, 0.717) is 41.8 Å². The highest BCUT2D eigenvalue weighted by molar-refractivity contribution is 6.02. The maximum absolute atomic E-state index is 12.5. The van der Waals surface area contributed by atoms with Crippen LogP contribution in [-0.2, 0) is 27.4 Å². The molecule has 0 spiro atoms. The maximum Gasteiger partial charge on any atom is 0.274 e. The first kappa shape index (κ1) is 23.2. The van der Waals surface area contributed by atoms with E-state index in [9.17, 15) is 4.79 Å². The highest BCUT2D eigenvalue weighted by Gasteiger charge is 2.35. The van der Waals surface area contributed by atoms with Crippen LogP contribution in [0, 0.1) is 18.3 Å². The minimum absolute atomic E-state index is 0.306. The summed E-state index contributed by atoms with van der Waals surface area (Å²) in [4.78, 5) is 23.2. The Bertz CT molecular complexity index is 1240. The molecule has 11 nitrogen and oxygen atoms in total. The van der Waals surface area contributed by atoms with Crippen LogP contribution in [0.4, 0.5) is 17.5 Å². The van der Waals surface area contributed by atoms with E-state index in [1.165, 1.54) is 7.11 Å². The molecule has 0 aliphatic carbocycles. The summed E-state index contributed by atoms with van der Waals surface area (Å²) in [7, 11) is 3.26. The van der Waals surface area contributed by atoms with E-state index < -0.39 is 12.5 Å². The van der Waals surface area contributed by atoms with Gasteiger partial charge in [0.1, 0.15) is 5.69 Å². The van der Waals surface area contributed by atoms with E-state index in [2.05, 4.69) is 31.8 Å². The zero-order valence-electron chi connectivity index (χ0n) is 19.4. The number of nitrogens with one attached hydrogen (secondary N) is 2. The van der Waals surface area contributed by atoms with Gasteiger partial charge in [-0.15, -0.1) is 0 Å². The molecule has 34 heavy (non-hydrogen) atoms. The fraction of sp³-hybridized carbons (Fsp3) is 0.348. The lowest BCUT2D eigenvalue weighted by Gasteiger charge is -2.35. The summed E-state index contributed by atoms with van der Waals surface area (Å²) in [5, 5.41) is 19.5. The Kier molecular flexibility index (Phi) is 6.72. The predicted molar refractivity (Wildman–Crippen MR) is 125 cm³/mol. The molecule has 1 amide bonds. The molecule has 0 bridgehead atoms. The van der Waals surface area contributed by atoms with Crippen molar-refractivity contribution in [3.8, 4) is 6.07 Å². The van der Waals surface area contributed by atoms with Crippen LogP contribution < -0.4 is 15.5 Å². The van der Waals surface area contributed by atoms with Gasteiger partial charge in [0.25, 0.3) is 5.91 Å². The average molecular weight is 463 g/mol. The zero-order valence-corrected chi connectivity index (χ0v) is 19.4. The van der Waals surface area contributed by atoms with E-state index in [-0.39, 0.29) is 5.91 Å². The standard InChI is InChI=1S/C23H26N8O3/c1-14-19-20(30(3)22(21(32)28-19)34-15(2)33-4)29-23(27-14)25-10-18-11-26-31(13-18)12-17-7-5-6-16(8-17)9-24/h5-8,11,13,15,22H,10,12H2,1-4H3,(H,28,32)(H,25,27,29). The number of benzene rings is 1. The van der Waals surface area contributed by atoms with Crippen molar-refractivity contribution in [3.63, 3.8) is 0 Å². The molecule has 0 saturated heterocycles. The van der Waals surface area contributed by atoms with Crippen LogP contribution in [0.1, 0.15) is 29.3 Å². The number of hydrogen-bond acceptors (Lipinski definition) is 9. The fourth-order valence-electron chi connectivity index (χ4n) is 3.59. The number of aromatic nitrogens is 4. The van der Waals surface area contributed by atoms with Crippen molar-refractivity contribution in [2.24, 2.45) is 0 Å². The number of aryl methyl sites for hydroxylation is 1. The largest absolute Gasteiger partial charge is 0.356 e. The molecule has 0 radical (unpaired) electrons. The number of likely N-dealkylation sites (N-methyl/N-ethyl adjacent to an activating group) is 1. The predicted octanol–water partition coefficient (Wildman–Crippen LogP) is 2.24. The lowest BCUT2D eigenvalue weighted by molar-refractivity contribution is -0.160. The third-order valence-electron chi connectivity index (χ3n) is 5.42.